The lowest BCUT2D eigenvalue weighted by Crippen LogP contribution is -2.15. The topological polar surface area (TPSA) is 74.8 Å². The molecule has 0 aliphatic carbocycles. The summed E-state index contributed by atoms with van der Waals surface area (Å²) in [4.78, 5) is 0. The summed E-state index contributed by atoms with van der Waals surface area (Å²) in [5, 5.41) is 6.61. The van der Waals surface area contributed by atoms with Crippen molar-refractivity contribution < 1.29 is 8.42 Å². The molecule has 17 heavy (non-hydrogen) atoms. The fourth-order valence-electron chi connectivity index (χ4n) is 1.34. The summed E-state index contributed by atoms with van der Waals surface area (Å²) in [6.45, 7) is 0. The molecule has 0 unspecified atom stereocenters. The van der Waals surface area contributed by atoms with Crippen LogP contribution in [0.1, 0.15) is 5.56 Å². The van der Waals surface area contributed by atoms with Gasteiger partial charge in [0.15, 0.2) is 0 Å². The van der Waals surface area contributed by atoms with Gasteiger partial charge in [-0.3, -0.25) is 9.82 Å². The van der Waals surface area contributed by atoms with Gasteiger partial charge in [0.25, 0.3) is 0 Å². The fourth-order valence-corrected chi connectivity index (χ4v) is 2.80. The Morgan fingerprint density at radius 3 is 2.71 bits per heavy atom. The van der Waals surface area contributed by atoms with Gasteiger partial charge in [-0.1, -0.05) is 29.8 Å². The quantitative estimate of drug-likeness (QED) is 0.893. The third kappa shape index (κ3) is 3.21. The number of sulfonamides is 1. The van der Waals surface area contributed by atoms with Gasteiger partial charge in [-0.05, 0) is 11.6 Å². The highest BCUT2D eigenvalue weighted by atomic mass is 35.5. The minimum absolute atomic E-state index is 0.175. The Labute approximate surface area is 104 Å². The molecule has 0 saturated heterocycles. The van der Waals surface area contributed by atoms with Gasteiger partial charge in [0.2, 0.25) is 10.0 Å². The van der Waals surface area contributed by atoms with Gasteiger partial charge >= 0.3 is 0 Å². The molecule has 0 amide bonds. The van der Waals surface area contributed by atoms with Crippen LogP contribution in [0.4, 0.5) is 5.82 Å². The standard InChI is InChI=1S/C10H10ClN3O2S/c11-9-4-2-1-3-8(9)7-17(15,16)14-10-5-6-12-13-10/h1-6H,7H2,(H2,12,13,14). The molecular formula is C10H10ClN3O2S. The van der Waals surface area contributed by atoms with Gasteiger partial charge in [-0.25, -0.2) is 8.42 Å². The van der Waals surface area contributed by atoms with Gasteiger partial charge in [0.1, 0.15) is 5.82 Å². The molecule has 0 aliphatic heterocycles. The van der Waals surface area contributed by atoms with Crippen molar-refractivity contribution in [2.24, 2.45) is 0 Å². The zero-order chi connectivity index (χ0) is 12.3. The third-order valence-electron chi connectivity index (χ3n) is 2.07. The second-order valence-corrected chi connectivity index (χ2v) is 5.55. The lowest BCUT2D eigenvalue weighted by molar-refractivity contribution is 0.600. The van der Waals surface area contributed by atoms with E-state index in [2.05, 4.69) is 14.9 Å². The van der Waals surface area contributed by atoms with E-state index in [0.717, 1.165) is 0 Å². The summed E-state index contributed by atoms with van der Waals surface area (Å²) < 4.78 is 26.0. The first kappa shape index (κ1) is 11.9. The third-order valence-corrected chi connectivity index (χ3v) is 3.66. The highest BCUT2D eigenvalue weighted by Gasteiger charge is 2.14. The molecule has 2 N–H and O–H groups in total. The Bertz CT molecular complexity index is 596. The fraction of sp³-hybridized carbons (Fsp3) is 0.100. The number of hydrogen-bond donors (Lipinski definition) is 2. The van der Waals surface area contributed by atoms with Gasteiger partial charge in [-0.2, -0.15) is 5.10 Å². The number of rotatable bonds is 4. The number of aromatic nitrogens is 2. The lowest BCUT2D eigenvalue weighted by Gasteiger charge is -2.06. The van der Waals surface area contributed by atoms with Crippen molar-refractivity contribution in [3.05, 3.63) is 47.1 Å². The molecule has 0 fully saturated rings. The van der Waals surface area contributed by atoms with E-state index < -0.39 is 10.0 Å². The van der Waals surface area contributed by atoms with E-state index in [1.54, 1.807) is 24.3 Å². The maximum atomic E-state index is 11.8. The molecule has 5 nitrogen and oxygen atoms in total. The van der Waals surface area contributed by atoms with E-state index in [1.165, 1.54) is 12.3 Å². The zero-order valence-electron chi connectivity index (χ0n) is 8.72. The second kappa shape index (κ2) is 4.77. The molecule has 1 heterocycles. The summed E-state index contributed by atoms with van der Waals surface area (Å²) in [6.07, 6.45) is 1.47. The number of aromatic amines is 1. The molecular weight excluding hydrogens is 262 g/mol. The molecule has 2 rings (SSSR count). The van der Waals surface area contributed by atoms with Crippen molar-refractivity contribution in [1.29, 1.82) is 0 Å². The Kier molecular flexibility index (Phi) is 3.35. The monoisotopic (exact) mass is 271 g/mol. The Hall–Kier alpha value is -1.53. The summed E-state index contributed by atoms with van der Waals surface area (Å²) >= 11 is 5.90. The highest BCUT2D eigenvalue weighted by Crippen LogP contribution is 2.18. The summed E-state index contributed by atoms with van der Waals surface area (Å²) in [5.74, 6) is 0.156. The van der Waals surface area contributed by atoms with Crippen molar-refractivity contribution in [3.63, 3.8) is 0 Å². The number of halogens is 1. The van der Waals surface area contributed by atoms with Crippen LogP contribution < -0.4 is 4.72 Å². The molecule has 90 valence electrons. The van der Waals surface area contributed by atoms with E-state index in [1.807, 2.05) is 0 Å². The molecule has 1 aromatic heterocycles. The Balaban J connectivity index is 2.16. The molecule has 0 atom stereocenters. The van der Waals surface area contributed by atoms with Crippen LogP contribution in [0.25, 0.3) is 0 Å². The largest absolute Gasteiger partial charge is 0.267 e. The zero-order valence-corrected chi connectivity index (χ0v) is 10.3. The molecule has 1 aromatic carbocycles. The lowest BCUT2D eigenvalue weighted by atomic mass is 10.2. The normalized spacial score (nSPS) is 11.4. The number of hydrogen-bond acceptors (Lipinski definition) is 3. The minimum atomic E-state index is -3.49. The average Bonchev–Trinajstić information content (AvgIpc) is 2.73. The summed E-state index contributed by atoms with van der Waals surface area (Å²) in [5.41, 5.74) is 0.557. The highest BCUT2D eigenvalue weighted by molar-refractivity contribution is 7.91. The van der Waals surface area contributed by atoms with Crippen LogP contribution >= 0.6 is 11.6 Å². The summed E-state index contributed by atoms with van der Waals surface area (Å²) in [7, 11) is -3.49. The molecule has 2 aromatic rings. The molecule has 0 saturated carbocycles. The molecule has 0 radical (unpaired) electrons. The maximum Gasteiger partial charge on any atom is 0.238 e. The van der Waals surface area contributed by atoms with E-state index in [4.69, 9.17) is 11.6 Å². The second-order valence-electron chi connectivity index (χ2n) is 3.42. The first-order chi connectivity index (χ1) is 8.07. The van der Waals surface area contributed by atoms with Gasteiger partial charge in [-0.15, -0.1) is 0 Å². The summed E-state index contributed by atoms with van der Waals surface area (Å²) in [6, 6.07) is 8.36. The molecule has 0 bridgehead atoms. The van der Waals surface area contributed by atoms with Crippen LogP contribution in [0.2, 0.25) is 5.02 Å². The van der Waals surface area contributed by atoms with Crippen molar-refractivity contribution in [2.75, 3.05) is 4.72 Å². The molecule has 0 aliphatic rings. The van der Waals surface area contributed by atoms with E-state index in [-0.39, 0.29) is 5.75 Å². The number of nitrogens with zero attached hydrogens (tertiary/aromatic N) is 1. The predicted octanol–water partition coefficient (Wildman–Crippen LogP) is 2.00. The van der Waals surface area contributed by atoms with Gasteiger partial charge < -0.3 is 0 Å². The number of anilines is 1. The van der Waals surface area contributed by atoms with Crippen LogP contribution in [0.15, 0.2) is 36.5 Å². The Morgan fingerprint density at radius 1 is 1.29 bits per heavy atom. The number of nitrogens with one attached hydrogen (secondary N) is 2. The first-order valence-corrected chi connectivity index (χ1v) is 6.83. The van der Waals surface area contributed by atoms with Crippen molar-refractivity contribution >= 4 is 27.4 Å². The van der Waals surface area contributed by atoms with Gasteiger partial charge in [0.05, 0.1) is 11.9 Å². The van der Waals surface area contributed by atoms with E-state index >= 15 is 0 Å². The average molecular weight is 272 g/mol. The Morgan fingerprint density at radius 2 is 2.06 bits per heavy atom. The molecule has 7 heteroatoms. The van der Waals surface area contributed by atoms with Gasteiger partial charge in [0, 0.05) is 11.1 Å². The van der Waals surface area contributed by atoms with Crippen LogP contribution in [0.5, 0.6) is 0 Å². The SMILES string of the molecule is O=S(=O)(Cc1ccccc1Cl)Nc1ccn[nH]1. The van der Waals surface area contributed by atoms with E-state index in [9.17, 15) is 8.42 Å². The number of H-pyrrole nitrogens is 1. The predicted molar refractivity (Wildman–Crippen MR) is 66.3 cm³/mol. The minimum Gasteiger partial charge on any atom is -0.267 e. The van der Waals surface area contributed by atoms with Crippen LogP contribution in [-0.2, 0) is 15.8 Å². The van der Waals surface area contributed by atoms with Crippen molar-refractivity contribution in [2.45, 2.75) is 5.75 Å². The number of benzene rings is 1. The smallest absolute Gasteiger partial charge is 0.238 e. The van der Waals surface area contributed by atoms with Crippen molar-refractivity contribution in [1.82, 2.24) is 10.2 Å². The molecule has 0 spiro atoms. The van der Waals surface area contributed by atoms with E-state index in [0.29, 0.717) is 16.4 Å². The van der Waals surface area contributed by atoms with Crippen LogP contribution in [-0.4, -0.2) is 18.6 Å². The van der Waals surface area contributed by atoms with Crippen LogP contribution in [0.3, 0.4) is 0 Å². The first-order valence-electron chi connectivity index (χ1n) is 4.80. The van der Waals surface area contributed by atoms with Crippen LogP contribution in [0, 0.1) is 0 Å². The van der Waals surface area contributed by atoms with Crippen molar-refractivity contribution in [3.8, 4) is 0 Å². The maximum absolute atomic E-state index is 11.8.